The summed E-state index contributed by atoms with van der Waals surface area (Å²) in [5.74, 6) is 0. The Hall–Kier alpha value is -1.19. The molecule has 78 valence electrons. The van der Waals surface area contributed by atoms with Crippen LogP contribution in [0.3, 0.4) is 0 Å². The number of nitrogens with zero attached hydrogens (tertiary/aromatic N) is 1. The monoisotopic (exact) mass is 218 g/mol. The standard InChI is InChI=1S/C12H14N2S/c1-9-2-3-12(15-9)11(13)8-10-4-6-14-7-5-10/h2-7,11H,8,13H2,1H3. The number of hydrogen-bond donors (Lipinski definition) is 1. The minimum Gasteiger partial charge on any atom is -0.323 e. The maximum absolute atomic E-state index is 6.13. The average Bonchev–Trinajstić information content (AvgIpc) is 2.66. The van der Waals surface area contributed by atoms with Crippen LogP contribution in [0.5, 0.6) is 0 Å². The van der Waals surface area contributed by atoms with E-state index in [0.29, 0.717) is 0 Å². The number of pyridine rings is 1. The molecule has 2 heterocycles. The lowest BCUT2D eigenvalue weighted by Gasteiger charge is -2.08. The first-order valence-corrected chi connectivity index (χ1v) is 5.78. The predicted molar refractivity (Wildman–Crippen MR) is 63.9 cm³/mol. The summed E-state index contributed by atoms with van der Waals surface area (Å²) in [7, 11) is 0. The molecule has 0 spiro atoms. The van der Waals surface area contributed by atoms with Crippen LogP contribution in [-0.4, -0.2) is 4.98 Å². The summed E-state index contributed by atoms with van der Waals surface area (Å²) in [5, 5.41) is 0. The largest absolute Gasteiger partial charge is 0.323 e. The molecule has 0 aliphatic heterocycles. The van der Waals surface area contributed by atoms with Gasteiger partial charge in [0.25, 0.3) is 0 Å². The minimum atomic E-state index is 0.103. The number of rotatable bonds is 3. The van der Waals surface area contributed by atoms with E-state index in [1.165, 1.54) is 15.3 Å². The van der Waals surface area contributed by atoms with Crippen LogP contribution >= 0.6 is 11.3 Å². The van der Waals surface area contributed by atoms with Crippen molar-refractivity contribution in [1.82, 2.24) is 4.98 Å². The molecule has 1 atom stereocenters. The van der Waals surface area contributed by atoms with Crippen molar-refractivity contribution in [2.24, 2.45) is 5.73 Å². The van der Waals surface area contributed by atoms with E-state index in [9.17, 15) is 0 Å². The van der Waals surface area contributed by atoms with Crippen molar-refractivity contribution in [2.45, 2.75) is 19.4 Å². The minimum absolute atomic E-state index is 0.103. The summed E-state index contributed by atoms with van der Waals surface area (Å²) in [6.45, 7) is 2.10. The molecule has 0 saturated heterocycles. The Kier molecular flexibility index (Phi) is 3.14. The topological polar surface area (TPSA) is 38.9 Å². The van der Waals surface area contributed by atoms with Crippen LogP contribution in [0.25, 0.3) is 0 Å². The summed E-state index contributed by atoms with van der Waals surface area (Å²) in [5.41, 5.74) is 7.37. The van der Waals surface area contributed by atoms with Crippen molar-refractivity contribution in [3.05, 3.63) is 52.0 Å². The molecule has 2 N–H and O–H groups in total. The van der Waals surface area contributed by atoms with Crippen molar-refractivity contribution < 1.29 is 0 Å². The third kappa shape index (κ3) is 2.64. The molecule has 0 radical (unpaired) electrons. The molecule has 2 aromatic rings. The van der Waals surface area contributed by atoms with Crippen molar-refractivity contribution >= 4 is 11.3 Å². The van der Waals surface area contributed by atoms with E-state index in [0.717, 1.165) is 6.42 Å². The Morgan fingerprint density at radius 1 is 1.27 bits per heavy atom. The number of thiophene rings is 1. The highest BCUT2D eigenvalue weighted by molar-refractivity contribution is 7.12. The van der Waals surface area contributed by atoms with Gasteiger partial charge in [0.2, 0.25) is 0 Å². The fourth-order valence-corrected chi connectivity index (χ4v) is 2.40. The van der Waals surface area contributed by atoms with Crippen molar-refractivity contribution in [3.63, 3.8) is 0 Å². The van der Waals surface area contributed by atoms with Crippen molar-refractivity contribution in [1.29, 1.82) is 0 Å². The Balaban J connectivity index is 2.07. The van der Waals surface area contributed by atoms with Crippen LogP contribution in [0.4, 0.5) is 0 Å². The highest BCUT2D eigenvalue weighted by atomic mass is 32.1. The zero-order valence-electron chi connectivity index (χ0n) is 8.68. The van der Waals surface area contributed by atoms with Crippen LogP contribution in [-0.2, 0) is 6.42 Å². The van der Waals surface area contributed by atoms with Crippen molar-refractivity contribution in [3.8, 4) is 0 Å². The first-order chi connectivity index (χ1) is 7.25. The van der Waals surface area contributed by atoms with Gasteiger partial charge in [-0.3, -0.25) is 4.98 Å². The van der Waals surface area contributed by atoms with Gasteiger partial charge in [-0.2, -0.15) is 0 Å². The molecule has 0 aliphatic rings. The van der Waals surface area contributed by atoms with Crippen molar-refractivity contribution in [2.75, 3.05) is 0 Å². The molecule has 0 fully saturated rings. The highest BCUT2D eigenvalue weighted by Crippen LogP contribution is 2.23. The van der Waals surface area contributed by atoms with Gasteiger partial charge in [-0.25, -0.2) is 0 Å². The lowest BCUT2D eigenvalue weighted by Crippen LogP contribution is -2.11. The van der Waals surface area contributed by atoms with Gasteiger partial charge >= 0.3 is 0 Å². The Morgan fingerprint density at radius 3 is 2.60 bits per heavy atom. The summed E-state index contributed by atoms with van der Waals surface area (Å²) in [4.78, 5) is 6.56. The molecular formula is C12H14N2S. The van der Waals surface area contributed by atoms with Gasteiger partial charge < -0.3 is 5.73 Å². The first-order valence-electron chi connectivity index (χ1n) is 4.96. The molecule has 3 heteroatoms. The summed E-state index contributed by atoms with van der Waals surface area (Å²) >= 11 is 1.77. The van der Waals surface area contributed by atoms with Crippen LogP contribution < -0.4 is 5.73 Å². The summed E-state index contributed by atoms with van der Waals surface area (Å²) < 4.78 is 0. The second-order valence-corrected chi connectivity index (χ2v) is 4.93. The lowest BCUT2D eigenvalue weighted by atomic mass is 10.1. The second kappa shape index (κ2) is 4.55. The highest BCUT2D eigenvalue weighted by Gasteiger charge is 2.08. The van der Waals surface area contributed by atoms with Crippen LogP contribution in [0.1, 0.15) is 21.4 Å². The van der Waals surface area contributed by atoms with Gasteiger partial charge in [-0.15, -0.1) is 11.3 Å². The Bertz CT molecular complexity index is 422. The van der Waals surface area contributed by atoms with E-state index in [-0.39, 0.29) is 6.04 Å². The van der Waals surface area contributed by atoms with Crippen LogP contribution in [0, 0.1) is 6.92 Å². The fourth-order valence-electron chi connectivity index (χ4n) is 1.53. The third-order valence-corrected chi connectivity index (χ3v) is 3.46. The van der Waals surface area contributed by atoms with Gasteiger partial charge in [0, 0.05) is 28.2 Å². The molecule has 15 heavy (non-hydrogen) atoms. The molecule has 2 nitrogen and oxygen atoms in total. The quantitative estimate of drug-likeness (QED) is 0.860. The molecule has 0 aliphatic carbocycles. The number of aromatic nitrogens is 1. The SMILES string of the molecule is Cc1ccc(C(N)Cc2ccncc2)s1. The van der Waals surface area contributed by atoms with Crippen LogP contribution in [0.2, 0.25) is 0 Å². The molecular weight excluding hydrogens is 204 g/mol. The average molecular weight is 218 g/mol. The maximum atomic E-state index is 6.13. The molecule has 2 aromatic heterocycles. The zero-order chi connectivity index (χ0) is 10.7. The molecule has 0 saturated carbocycles. The third-order valence-electron chi connectivity index (χ3n) is 2.33. The normalized spacial score (nSPS) is 12.7. The number of aryl methyl sites for hydroxylation is 1. The van der Waals surface area contributed by atoms with E-state index in [2.05, 4.69) is 24.0 Å². The Labute approximate surface area is 93.8 Å². The zero-order valence-corrected chi connectivity index (χ0v) is 9.50. The van der Waals surface area contributed by atoms with E-state index >= 15 is 0 Å². The smallest absolute Gasteiger partial charge is 0.0430 e. The van der Waals surface area contributed by atoms with E-state index in [4.69, 9.17) is 5.73 Å². The van der Waals surface area contributed by atoms with Gasteiger partial charge in [0.05, 0.1) is 0 Å². The molecule has 2 rings (SSSR count). The Morgan fingerprint density at radius 2 is 2.00 bits per heavy atom. The van der Waals surface area contributed by atoms with Gasteiger partial charge in [-0.05, 0) is 43.2 Å². The summed E-state index contributed by atoms with van der Waals surface area (Å²) in [6.07, 6.45) is 4.49. The van der Waals surface area contributed by atoms with Crippen LogP contribution in [0.15, 0.2) is 36.7 Å². The number of hydrogen-bond acceptors (Lipinski definition) is 3. The van der Waals surface area contributed by atoms with E-state index in [1.807, 2.05) is 24.5 Å². The lowest BCUT2D eigenvalue weighted by molar-refractivity contribution is 0.735. The second-order valence-electron chi connectivity index (χ2n) is 3.61. The maximum Gasteiger partial charge on any atom is 0.0430 e. The molecule has 0 amide bonds. The first kappa shape index (κ1) is 10.3. The summed E-state index contributed by atoms with van der Waals surface area (Å²) in [6, 6.07) is 8.37. The fraction of sp³-hybridized carbons (Fsp3) is 0.250. The number of nitrogens with two attached hydrogens (primary N) is 1. The molecule has 1 unspecified atom stereocenters. The molecule has 0 bridgehead atoms. The molecule has 0 aromatic carbocycles. The van der Waals surface area contributed by atoms with Gasteiger partial charge in [0.15, 0.2) is 0 Å². The van der Waals surface area contributed by atoms with Gasteiger partial charge in [0.1, 0.15) is 0 Å². The van der Waals surface area contributed by atoms with E-state index < -0.39 is 0 Å². The predicted octanol–water partition coefficient (Wildman–Crippen LogP) is 2.69. The van der Waals surface area contributed by atoms with Gasteiger partial charge in [-0.1, -0.05) is 0 Å². The van der Waals surface area contributed by atoms with E-state index in [1.54, 1.807) is 11.3 Å².